The molecule has 0 bridgehead atoms. The zero-order valence-electron chi connectivity index (χ0n) is 15.2. The number of ether oxygens (including phenoxy) is 3. The SMILES string of the molecule is CC(C)(C)OC(=O)N1[C@H](C(=O)OC(=O)C(C)(C)C)COC1(C)C. The number of esters is 2. The molecule has 0 spiro atoms. The molecule has 1 atom stereocenters. The van der Waals surface area contributed by atoms with Gasteiger partial charge in [0.25, 0.3) is 0 Å². The number of amides is 1. The van der Waals surface area contributed by atoms with E-state index >= 15 is 0 Å². The first-order chi connectivity index (χ1) is 10.1. The summed E-state index contributed by atoms with van der Waals surface area (Å²) in [5.41, 5.74) is -2.57. The Hall–Kier alpha value is -1.63. The quantitative estimate of drug-likeness (QED) is 0.543. The standard InChI is InChI=1S/C16H27NO6/c1-14(2,3)12(19)22-11(18)10-9-21-16(7,8)17(10)13(20)23-15(4,5)6/h10H,9H2,1-8H3/t10-/m0/s1. The normalized spacial score (nSPS) is 21.0. The molecule has 1 fully saturated rings. The van der Waals surface area contributed by atoms with Crippen LogP contribution < -0.4 is 0 Å². The van der Waals surface area contributed by atoms with E-state index < -0.39 is 40.8 Å². The van der Waals surface area contributed by atoms with Gasteiger partial charge in [-0.1, -0.05) is 0 Å². The molecule has 0 N–H and O–H groups in total. The summed E-state index contributed by atoms with van der Waals surface area (Å²) in [5, 5.41) is 0. The van der Waals surface area contributed by atoms with Gasteiger partial charge in [-0.25, -0.2) is 9.59 Å². The van der Waals surface area contributed by atoms with E-state index in [0.717, 1.165) is 0 Å². The van der Waals surface area contributed by atoms with Gasteiger partial charge < -0.3 is 14.2 Å². The fourth-order valence-corrected chi connectivity index (χ4v) is 1.95. The molecule has 23 heavy (non-hydrogen) atoms. The van der Waals surface area contributed by atoms with Crippen LogP contribution in [0, 0.1) is 5.41 Å². The van der Waals surface area contributed by atoms with Gasteiger partial charge in [0.2, 0.25) is 0 Å². The van der Waals surface area contributed by atoms with Crippen molar-refractivity contribution in [1.29, 1.82) is 0 Å². The van der Waals surface area contributed by atoms with E-state index in [9.17, 15) is 14.4 Å². The van der Waals surface area contributed by atoms with Gasteiger partial charge in [-0.05, 0) is 55.4 Å². The van der Waals surface area contributed by atoms with Crippen LogP contribution in [0.1, 0.15) is 55.4 Å². The maximum atomic E-state index is 12.4. The molecule has 1 heterocycles. The molecule has 0 unspecified atom stereocenters. The monoisotopic (exact) mass is 329 g/mol. The van der Waals surface area contributed by atoms with Crippen LogP contribution in [0.3, 0.4) is 0 Å². The van der Waals surface area contributed by atoms with Crippen LogP contribution >= 0.6 is 0 Å². The zero-order chi connectivity index (χ0) is 18.2. The Morgan fingerprint density at radius 2 is 1.61 bits per heavy atom. The Morgan fingerprint density at radius 3 is 2.04 bits per heavy atom. The molecule has 132 valence electrons. The maximum Gasteiger partial charge on any atom is 0.413 e. The second-order valence-corrected chi connectivity index (χ2v) is 8.08. The van der Waals surface area contributed by atoms with Gasteiger partial charge in [-0.3, -0.25) is 9.69 Å². The summed E-state index contributed by atoms with van der Waals surface area (Å²) in [5.74, 6) is -1.47. The first-order valence-electron chi connectivity index (χ1n) is 7.57. The highest BCUT2D eigenvalue weighted by Gasteiger charge is 2.50. The van der Waals surface area contributed by atoms with Crippen molar-refractivity contribution in [3.8, 4) is 0 Å². The molecule has 0 aliphatic carbocycles. The molecule has 0 aromatic carbocycles. The summed E-state index contributed by atoms with van der Waals surface area (Å²) in [7, 11) is 0. The molecule has 7 heteroatoms. The second kappa shape index (κ2) is 6.11. The highest BCUT2D eigenvalue weighted by Crippen LogP contribution is 2.30. The van der Waals surface area contributed by atoms with Crippen molar-refractivity contribution in [1.82, 2.24) is 4.90 Å². The fraction of sp³-hybridized carbons (Fsp3) is 0.812. The summed E-state index contributed by atoms with van der Waals surface area (Å²) in [6.07, 6.45) is -0.690. The van der Waals surface area contributed by atoms with E-state index in [0.29, 0.717) is 0 Å². The van der Waals surface area contributed by atoms with Gasteiger partial charge in [0, 0.05) is 0 Å². The smallest absolute Gasteiger partial charge is 0.413 e. The summed E-state index contributed by atoms with van der Waals surface area (Å²) in [4.78, 5) is 37.8. The fourth-order valence-electron chi connectivity index (χ4n) is 1.95. The topological polar surface area (TPSA) is 82.1 Å². The van der Waals surface area contributed by atoms with Crippen LogP contribution in [-0.2, 0) is 23.8 Å². The third-order valence-electron chi connectivity index (χ3n) is 3.15. The maximum absolute atomic E-state index is 12.4. The predicted molar refractivity (Wildman–Crippen MR) is 82.4 cm³/mol. The minimum Gasteiger partial charge on any atom is -0.444 e. The highest BCUT2D eigenvalue weighted by molar-refractivity contribution is 5.92. The molecule has 1 rings (SSSR count). The average Bonchev–Trinajstić information content (AvgIpc) is 2.61. The first kappa shape index (κ1) is 19.4. The van der Waals surface area contributed by atoms with Crippen molar-refractivity contribution >= 4 is 18.0 Å². The lowest BCUT2D eigenvalue weighted by molar-refractivity contribution is -0.168. The van der Waals surface area contributed by atoms with Crippen LogP contribution in [0.2, 0.25) is 0 Å². The third-order valence-corrected chi connectivity index (χ3v) is 3.15. The minimum absolute atomic E-state index is 0.0531. The number of nitrogens with zero attached hydrogens (tertiary/aromatic N) is 1. The van der Waals surface area contributed by atoms with Gasteiger partial charge in [0.05, 0.1) is 12.0 Å². The lowest BCUT2D eigenvalue weighted by Gasteiger charge is -2.34. The van der Waals surface area contributed by atoms with Crippen LogP contribution in [-0.4, -0.2) is 46.9 Å². The lowest BCUT2D eigenvalue weighted by Crippen LogP contribution is -2.53. The molecule has 1 amide bonds. The van der Waals surface area contributed by atoms with Crippen LogP contribution in [0.5, 0.6) is 0 Å². The molecule has 0 aromatic rings. The van der Waals surface area contributed by atoms with E-state index in [1.807, 2.05) is 0 Å². The van der Waals surface area contributed by atoms with Crippen molar-refractivity contribution in [2.45, 2.75) is 72.8 Å². The number of hydrogen-bond donors (Lipinski definition) is 0. The third kappa shape index (κ3) is 4.92. The molecule has 0 radical (unpaired) electrons. The Morgan fingerprint density at radius 1 is 1.09 bits per heavy atom. The molecular formula is C16H27NO6. The first-order valence-corrected chi connectivity index (χ1v) is 7.57. The lowest BCUT2D eigenvalue weighted by atomic mass is 9.97. The summed E-state index contributed by atoms with van der Waals surface area (Å²) >= 11 is 0. The average molecular weight is 329 g/mol. The zero-order valence-corrected chi connectivity index (χ0v) is 15.2. The number of carbonyl (C=O) groups excluding carboxylic acids is 3. The Bertz CT molecular complexity index is 498. The van der Waals surface area contributed by atoms with Gasteiger partial charge in [-0.2, -0.15) is 0 Å². The summed E-state index contributed by atoms with van der Waals surface area (Å²) < 4.78 is 15.7. The van der Waals surface area contributed by atoms with Crippen LogP contribution in [0.25, 0.3) is 0 Å². The van der Waals surface area contributed by atoms with Crippen LogP contribution in [0.15, 0.2) is 0 Å². The van der Waals surface area contributed by atoms with Crippen molar-refractivity contribution in [2.75, 3.05) is 6.61 Å². The van der Waals surface area contributed by atoms with Crippen molar-refractivity contribution < 1.29 is 28.6 Å². The molecule has 0 aromatic heterocycles. The highest BCUT2D eigenvalue weighted by atomic mass is 16.6. The Balaban J connectivity index is 2.94. The summed E-state index contributed by atoms with van der Waals surface area (Å²) in [6.45, 7) is 13.4. The van der Waals surface area contributed by atoms with Crippen molar-refractivity contribution in [2.24, 2.45) is 5.41 Å². The Labute approximate surface area is 137 Å². The largest absolute Gasteiger partial charge is 0.444 e. The summed E-state index contributed by atoms with van der Waals surface area (Å²) in [6, 6.07) is -1.02. The second-order valence-electron chi connectivity index (χ2n) is 8.08. The molecule has 1 saturated heterocycles. The van der Waals surface area contributed by atoms with Crippen LogP contribution in [0.4, 0.5) is 4.79 Å². The Kier molecular flexibility index (Phi) is 5.16. The van der Waals surface area contributed by atoms with Gasteiger partial charge in [0.15, 0.2) is 6.04 Å². The van der Waals surface area contributed by atoms with E-state index in [1.54, 1.807) is 55.4 Å². The van der Waals surface area contributed by atoms with Gasteiger partial charge >= 0.3 is 18.0 Å². The molecular weight excluding hydrogens is 302 g/mol. The van der Waals surface area contributed by atoms with Gasteiger partial charge in [-0.15, -0.1) is 0 Å². The van der Waals surface area contributed by atoms with E-state index in [1.165, 1.54) is 4.90 Å². The van der Waals surface area contributed by atoms with Gasteiger partial charge in [0.1, 0.15) is 11.3 Å². The van der Waals surface area contributed by atoms with E-state index in [2.05, 4.69) is 0 Å². The van der Waals surface area contributed by atoms with Crippen molar-refractivity contribution in [3.63, 3.8) is 0 Å². The molecule has 1 aliphatic heterocycles. The molecule has 1 aliphatic rings. The number of carbonyl (C=O) groups is 3. The number of rotatable bonds is 1. The minimum atomic E-state index is -1.03. The number of hydrogen-bond acceptors (Lipinski definition) is 6. The van der Waals surface area contributed by atoms with Crippen molar-refractivity contribution in [3.05, 3.63) is 0 Å². The predicted octanol–water partition coefficient (Wildman–Crippen LogP) is 2.47. The van der Waals surface area contributed by atoms with E-state index in [4.69, 9.17) is 14.2 Å². The molecule has 0 saturated carbocycles. The van der Waals surface area contributed by atoms with E-state index in [-0.39, 0.29) is 6.61 Å². The molecule has 7 nitrogen and oxygen atoms in total.